The summed E-state index contributed by atoms with van der Waals surface area (Å²) in [6.45, 7) is 25.6. The van der Waals surface area contributed by atoms with Gasteiger partial charge in [-0.2, -0.15) is 0 Å². The summed E-state index contributed by atoms with van der Waals surface area (Å²) in [7, 11) is 0. The van der Waals surface area contributed by atoms with Gasteiger partial charge in [0.25, 0.3) is 0 Å². The Bertz CT molecular complexity index is 1320. The van der Waals surface area contributed by atoms with Gasteiger partial charge in [0, 0.05) is 29.6 Å². The van der Waals surface area contributed by atoms with Gasteiger partial charge in [0.2, 0.25) is 17.7 Å². The molecule has 0 saturated carbocycles. The maximum atomic E-state index is 15.1. The number of benzene rings is 1. The minimum Gasteiger partial charge on any atom is -0.494 e. The molecule has 260 valence electrons. The number of amides is 3. The second-order valence-electron chi connectivity index (χ2n) is 15.7. The Balaban J connectivity index is 1.81. The lowest BCUT2D eigenvalue weighted by molar-refractivity contribution is -0.149. The van der Waals surface area contributed by atoms with Crippen molar-refractivity contribution in [2.75, 3.05) is 31.2 Å². The topological polar surface area (TPSA) is 90.4 Å². The fourth-order valence-electron chi connectivity index (χ4n) is 8.69. The Morgan fingerprint density at radius 2 is 1.74 bits per heavy atom. The molecule has 3 saturated heterocycles. The molecule has 0 aromatic heterocycles. The van der Waals surface area contributed by atoms with Crippen LogP contribution in [0.25, 0.3) is 0 Å². The van der Waals surface area contributed by atoms with Gasteiger partial charge in [-0.05, 0) is 82.1 Å². The highest BCUT2D eigenvalue weighted by atomic mass is 32.2. The molecule has 3 heterocycles. The highest BCUT2D eigenvalue weighted by molar-refractivity contribution is 8.02. The van der Waals surface area contributed by atoms with Crippen molar-refractivity contribution in [3.8, 4) is 5.75 Å². The molecule has 6 atom stereocenters. The molecule has 2 bridgehead atoms. The molecule has 0 radical (unpaired) electrons. The van der Waals surface area contributed by atoms with E-state index in [4.69, 9.17) is 4.74 Å². The van der Waals surface area contributed by atoms with Crippen LogP contribution in [-0.4, -0.2) is 86.6 Å². The summed E-state index contributed by atoms with van der Waals surface area (Å²) < 4.78 is 4.86. The zero-order valence-electron chi connectivity index (χ0n) is 29.8. The van der Waals surface area contributed by atoms with Crippen LogP contribution in [0, 0.1) is 23.2 Å². The summed E-state index contributed by atoms with van der Waals surface area (Å²) in [6.07, 6.45) is 6.18. The van der Waals surface area contributed by atoms with Gasteiger partial charge in [-0.15, -0.1) is 24.9 Å². The Kier molecular flexibility index (Phi) is 11.3. The zero-order valence-corrected chi connectivity index (χ0v) is 30.6. The van der Waals surface area contributed by atoms with E-state index < -0.39 is 34.2 Å². The van der Waals surface area contributed by atoms with Gasteiger partial charge in [-0.1, -0.05) is 46.8 Å². The van der Waals surface area contributed by atoms with Crippen molar-refractivity contribution in [1.82, 2.24) is 9.80 Å². The van der Waals surface area contributed by atoms with Gasteiger partial charge >= 0.3 is 0 Å². The number of ether oxygens (including phenoxy) is 1. The summed E-state index contributed by atoms with van der Waals surface area (Å²) in [4.78, 5) is 50.0. The van der Waals surface area contributed by atoms with E-state index in [2.05, 4.69) is 61.6 Å². The number of aliphatic hydroxyl groups excluding tert-OH is 1. The smallest absolute Gasteiger partial charge is 0.247 e. The summed E-state index contributed by atoms with van der Waals surface area (Å²) in [5.41, 5.74) is 0.141. The number of likely N-dealkylation sites (tertiary alicyclic amines) is 1. The standard InChI is InChI=1S/C38H57N3O5S/c1-11-20-39(26-14-16-28(17-15-26)46-13-3)33(43)30-29-18-19-38(47-29)31(30)34(44)41(27(23-42)22-25(4)5)32(38)35(45)40(21-12-2)37(9,10)24-36(6,7)8/h11-12,14-17,25,27,29-32,42H,1-2,13,18-24H2,3-10H3/t27-,29-,30+,31+,32?,38?/m1/s1. The summed E-state index contributed by atoms with van der Waals surface area (Å²) in [6, 6.07) is 6.11. The van der Waals surface area contributed by atoms with Gasteiger partial charge in [-0.3, -0.25) is 14.4 Å². The third kappa shape index (κ3) is 7.17. The third-order valence-corrected chi connectivity index (χ3v) is 11.9. The number of rotatable bonds is 15. The van der Waals surface area contributed by atoms with Crippen LogP contribution in [-0.2, 0) is 14.4 Å². The number of carbonyl (C=O) groups excluding carboxylic acids is 3. The number of aliphatic hydroxyl groups is 1. The molecule has 47 heavy (non-hydrogen) atoms. The monoisotopic (exact) mass is 667 g/mol. The van der Waals surface area contributed by atoms with Crippen molar-refractivity contribution in [3.05, 3.63) is 49.6 Å². The number of hydrogen-bond acceptors (Lipinski definition) is 6. The number of hydrogen-bond donors (Lipinski definition) is 1. The zero-order chi connectivity index (χ0) is 34.9. The van der Waals surface area contributed by atoms with Gasteiger partial charge in [0.1, 0.15) is 11.8 Å². The lowest BCUT2D eigenvalue weighted by atomic mass is 9.70. The van der Waals surface area contributed by atoms with E-state index in [0.29, 0.717) is 38.2 Å². The van der Waals surface area contributed by atoms with Gasteiger partial charge in [0.15, 0.2) is 0 Å². The number of thioether (sulfide) groups is 1. The maximum Gasteiger partial charge on any atom is 0.247 e. The molecule has 1 aromatic carbocycles. The van der Waals surface area contributed by atoms with Crippen LogP contribution in [0.1, 0.15) is 81.1 Å². The molecule has 4 rings (SSSR count). The van der Waals surface area contributed by atoms with Crippen LogP contribution < -0.4 is 9.64 Å². The predicted octanol–water partition coefficient (Wildman–Crippen LogP) is 6.33. The average molecular weight is 668 g/mol. The molecule has 2 unspecified atom stereocenters. The van der Waals surface area contributed by atoms with E-state index in [1.807, 2.05) is 36.1 Å². The van der Waals surface area contributed by atoms with Gasteiger partial charge in [0.05, 0.1) is 35.8 Å². The third-order valence-electron chi connectivity index (χ3n) is 9.91. The summed E-state index contributed by atoms with van der Waals surface area (Å²) in [5.74, 6) is -0.777. The molecule has 3 aliphatic heterocycles. The number of fused-ring (bicyclic) bond motifs is 1. The Hall–Kier alpha value is -2.78. The van der Waals surface area contributed by atoms with Crippen LogP contribution in [0.15, 0.2) is 49.6 Å². The lowest BCUT2D eigenvalue weighted by Crippen LogP contribution is -2.61. The fraction of sp³-hybridized carbons (Fsp3) is 0.658. The molecule has 1 spiro atoms. The summed E-state index contributed by atoms with van der Waals surface area (Å²) >= 11 is 1.66. The first-order valence-corrected chi connectivity index (χ1v) is 18.1. The molecule has 3 fully saturated rings. The van der Waals surface area contributed by atoms with Gasteiger partial charge < -0.3 is 24.5 Å². The first kappa shape index (κ1) is 37.0. The predicted molar refractivity (Wildman–Crippen MR) is 192 cm³/mol. The van der Waals surface area contributed by atoms with Crippen LogP contribution in [0.4, 0.5) is 5.69 Å². The van der Waals surface area contributed by atoms with Crippen molar-refractivity contribution >= 4 is 35.2 Å². The van der Waals surface area contributed by atoms with Crippen LogP contribution in [0.2, 0.25) is 0 Å². The van der Waals surface area contributed by atoms with E-state index in [0.717, 1.165) is 18.6 Å². The Morgan fingerprint density at radius 3 is 2.28 bits per heavy atom. The van der Waals surface area contributed by atoms with Crippen molar-refractivity contribution in [3.63, 3.8) is 0 Å². The quantitative estimate of drug-likeness (QED) is 0.220. The van der Waals surface area contributed by atoms with Crippen molar-refractivity contribution in [1.29, 1.82) is 0 Å². The molecular weight excluding hydrogens is 611 g/mol. The normalized spacial score (nSPS) is 25.9. The fourth-order valence-corrected chi connectivity index (χ4v) is 10.9. The second kappa shape index (κ2) is 14.4. The van der Waals surface area contributed by atoms with E-state index in [1.165, 1.54) is 0 Å². The van der Waals surface area contributed by atoms with Crippen LogP contribution in [0.3, 0.4) is 0 Å². The van der Waals surface area contributed by atoms with Crippen LogP contribution >= 0.6 is 11.8 Å². The molecule has 9 heteroatoms. The number of nitrogens with zero attached hydrogens (tertiary/aromatic N) is 3. The largest absolute Gasteiger partial charge is 0.494 e. The van der Waals surface area contributed by atoms with E-state index in [9.17, 15) is 14.7 Å². The molecule has 1 aromatic rings. The average Bonchev–Trinajstić information content (AvgIpc) is 3.63. The lowest BCUT2D eigenvalue weighted by Gasteiger charge is -2.46. The van der Waals surface area contributed by atoms with E-state index >= 15 is 4.79 Å². The maximum absolute atomic E-state index is 15.1. The number of anilines is 1. The minimum atomic E-state index is -0.791. The molecule has 8 nitrogen and oxygen atoms in total. The second-order valence-corrected chi connectivity index (χ2v) is 17.3. The van der Waals surface area contributed by atoms with Gasteiger partial charge in [-0.25, -0.2) is 0 Å². The highest BCUT2D eigenvalue weighted by Crippen LogP contribution is 2.67. The van der Waals surface area contributed by atoms with E-state index in [-0.39, 0.29) is 40.9 Å². The molecular formula is C38H57N3O5S. The highest BCUT2D eigenvalue weighted by Gasteiger charge is 2.75. The van der Waals surface area contributed by atoms with Crippen molar-refractivity contribution < 1.29 is 24.2 Å². The molecule has 1 N–H and O–H groups in total. The SMILES string of the molecule is C=CCN(C(=O)[C@@H]1[C@H]2C(=O)N([C@@H](CO)CC(C)C)C(C(=O)N(CC=C)C(C)(C)CC(C)(C)C)C23CC[C@H]1S3)c1ccc(OCC)cc1. The summed E-state index contributed by atoms with van der Waals surface area (Å²) in [5, 5.41) is 10.7. The van der Waals surface area contributed by atoms with E-state index in [1.54, 1.807) is 33.7 Å². The molecule has 3 amide bonds. The molecule has 0 aliphatic carbocycles. The van der Waals surface area contributed by atoms with Crippen LogP contribution in [0.5, 0.6) is 5.75 Å². The first-order valence-electron chi connectivity index (χ1n) is 17.2. The first-order chi connectivity index (χ1) is 22.1. The Morgan fingerprint density at radius 1 is 1.11 bits per heavy atom. The molecule has 3 aliphatic rings. The van der Waals surface area contributed by atoms with Crippen molar-refractivity contribution in [2.24, 2.45) is 23.2 Å². The van der Waals surface area contributed by atoms with Crippen molar-refractivity contribution in [2.45, 2.75) is 109 Å². The number of carbonyl (C=O) groups is 3. The minimum absolute atomic E-state index is 0.0476. The Labute approximate surface area is 287 Å².